The Hall–Kier alpha value is -0.160. The molecule has 0 aromatic rings. The Bertz CT molecular complexity index is 150. The van der Waals surface area contributed by atoms with Crippen molar-refractivity contribution in [1.82, 2.24) is 5.32 Å². The second kappa shape index (κ2) is 12.3. The molecule has 0 rings (SSSR count). The Kier molecular flexibility index (Phi) is 12.2. The molecule has 0 aromatic heterocycles. The second-order valence-electron chi connectivity index (χ2n) is 4.66. The fourth-order valence-electron chi connectivity index (χ4n) is 2.08. The maximum Gasteiger partial charge on any atom is 0.0615 e. The van der Waals surface area contributed by atoms with E-state index in [0.717, 1.165) is 39.0 Å². The summed E-state index contributed by atoms with van der Waals surface area (Å²) in [6.45, 7) is 4.90. The predicted molar refractivity (Wildman–Crippen MR) is 72.1 cm³/mol. The quantitative estimate of drug-likeness (QED) is 0.483. The number of rotatable bonds is 12. The van der Waals surface area contributed by atoms with E-state index in [1.165, 1.54) is 12.8 Å². The maximum atomic E-state index is 9.00. The largest absolute Gasteiger partial charge is 0.396 e. The first-order valence-electron chi connectivity index (χ1n) is 6.81. The van der Waals surface area contributed by atoms with Crippen LogP contribution in [-0.4, -0.2) is 44.6 Å². The van der Waals surface area contributed by atoms with Crippen LogP contribution in [0.1, 0.15) is 39.0 Å². The molecular formula is C13H30N2O2. The van der Waals surface area contributed by atoms with Gasteiger partial charge in [0, 0.05) is 19.8 Å². The first-order chi connectivity index (χ1) is 8.28. The lowest BCUT2D eigenvalue weighted by atomic mass is 9.99. The molecule has 2 atom stereocenters. The maximum absolute atomic E-state index is 9.00. The van der Waals surface area contributed by atoms with Gasteiger partial charge in [0.25, 0.3) is 0 Å². The first kappa shape index (κ1) is 16.8. The lowest BCUT2D eigenvalue weighted by molar-refractivity contribution is 0.156. The Morgan fingerprint density at radius 2 is 2.06 bits per heavy atom. The van der Waals surface area contributed by atoms with Gasteiger partial charge in [-0.2, -0.15) is 0 Å². The highest BCUT2D eigenvalue weighted by Gasteiger charge is 2.11. The van der Waals surface area contributed by atoms with Crippen molar-refractivity contribution >= 4 is 0 Å². The fraction of sp³-hybridized carbons (Fsp3) is 1.00. The summed E-state index contributed by atoms with van der Waals surface area (Å²) in [6, 6.07) is 0.390. The lowest BCUT2D eigenvalue weighted by Gasteiger charge is -2.22. The molecule has 4 N–H and O–H groups in total. The van der Waals surface area contributed by atoms with E-state index in [2.05, 4.69) is 12.2 Å². The van der Waals surface area contributed by atoms with Gasteiger partial charge in [-0.05, 0) is 44.7 Å². The van der Waals surface area contributed by atoms with Crippen LogP contribution in [0.15, 0.2) is 0 Å². The van der Waals surface area contributed by atoms with Crippen LogP contribution in [-0.2, 0) is 4.74 Å². The van der Waals surface area contributed by atoms with Crippen LogP contribution < -0.4 is 11.1 Å². The molecular weight excluding hydrogens is 216 g/mol. The van der Waals surface area contributed by atoms with Crippen LogP contribution in [0, 0.1) is 5.92 Å². The summed E-state index contributed by atoms with van der Waals surface area (Å²) in [5.41, 5.74) is 5.52. The number of nitrogens with two attached hydrogens (primary N) is 1. The molecule has 0 bridgehead atoms. The van der Waals surface area contributed by atoms with E-state index in [-0.39, 0.29) is 6.61 Å². The first-order valence-corrected chi connectivity index (χ1v) is 6.81. The third-order valence-corrected chi connectivity index (χ3v) is 3.05. The molecule has 2 unspecified atom stereocenters. The summed E-state index contributed by atoms with van der Waals surface area (Å²) in [6.07, 6.45) is 5.31. The molecule has 17 heavy (non-hydrogen) atoms. The van der Waals surface area contributed by atoms with Crippen molar-refractivity contribution in [1.29, 1.82) is 0 Å². The van der Waals surface area contributed by atoms with Crippen LogP contribution in [0.5, 0.6) is 0 Å². The Labute approximate surface area is 106 Å². The number of aliphatic hydroxyl groups excluding tert-OH is 1. The molecule has 0 fully saturated rings. The van der Waals surface area contributed by atoms with Crippen LogP contribution >= 0.6 is 0 Å². The van der Waals surface area contributed by atoms with Crippen molar-refractivity contribution < 1.29 is 9.84 Å². The van der Waals surface area contributed by atoms with Crippen LogP contribution in [0.4, 0.5) is 0 Å². The molecule has 0 aromatic carbocycles. The highest BCUT2D eigenvalue weighted by atomic mass is 16.5. The smallest absolute Gasteiger partial charge is 0.0615 e. The van der Waals surface area contributed by atoms with E-state index >= 15 is 0 Å². The van der Waals surface area contributed by atoms with Gasteiger partial charge < -0.3 is 20.9 Å². The standard InChI is InChI=1S/C13H30N2O2/c1-3-5-12(7-9-16)10-15-13(11-17-2)6-4-8-14/h12-13,15-16H,3-11,14H2,1-2H3. The SMILES string of the molecule is CCCC(CCO)CNC(CCCN)COC. The summed E-state index contributed by atoms with van der Waals surface area (Å²) in [5, 5.41) is 12.5. The van der Waals surface area contributed by atoms with Crippen LogP contribution in [0.25, 0.3) is 0 Å². The van der Waals surface area contributed by atoms with E-state index in [4.69, 9.17) is 15.6 Å². The molecule has 0 aliphatic rings. The number of aliphatic hydroxyl groups is 1. The number of ether oxygens (including phenoxy) is 1. The molecule has 0 aliphatic carbocycles. The average molecular weight is 246 g/mol. The molecule has 4 nitrogen and oxygen atoms in total. The average Bonchev–Trinajstić information content (AvgIpc) is 2.33. The van der Waals surface area contributed by atoms with Gasteiger partial charge in [0.2, 0.25) is 0 Å². The number of methoxy groups -OCH3 is 1. The van der Waals surface area contributed by atoms with E-state index in [9.17, 15) is 0 Å². The number of hydrogen-bond donors (Lipinski definition) is 3. The van der Waals surface area contributed by atoms with E-state index in [1.807, 2.05) is 0 Å². The zero-order valence-electron chi connectivity index (χ0n) is 11.5. The minimum Gasteiger partial charge on any atom is -0.396 e. The van der Waals surface area contributed by atoms with Gasteiger partial charge >= 0.3 is 0 Å². The monoisotopic (exact) mass is 246 g/mol. The molecule has 4 heteroatoms. The number of hydrogen-bond acceptors (Lipinski definition) is 4. The summed E-state index contributed by atoms with van der Waals surface area (Å²) < 4.78 is 5.20. The Morgan fingerprint density at radius 1 is 1.29 bits per heavy atom. The third kappa shape index (κ3) is 9.53. The normalized spacial score (nSPS) is 14.8. The lowest BCUT2D eigenvalue weighted by Crippen LogP contribution is -2.37. The van der Waals surface area contributed by atoms with Gasteiger partial charge in [-0.15, -0.1) is 0 Å². The summed E-state index contributed by atoms with van der Waals surface area (Å²) in [7, 11) is 1.73. The van der Waals surface area contributed by atoms with E-state index < -0.39 is 0 Å². The predicted octanol–water partition coefficient (Wildman–Crippen LogP) is 1.13. The van der Waals surface area contributed by atoms with E-state index in [1.54, 1.807) is 7.11 Å². The van der Waals surface area contributed by atoms with Crippen molar-refractivity contribution in [2.45, 2.75) is 45.1 Å². The molecule has 0 spiro atoms. The van der Waals surface area contributed by atoms with Crippen molar-refractivity contribution in [2.75, 3.05) is 33.4 Å². The molecule has 104 valence electrons. The zero-order valence-corrected chi connectivity index (χ0v) is 11.5. The van der Waals surface area contributed by atoms with Crippen molar-refractivity contribution in [3.05, 3.63) is 0 Å². The molecule has 0 aliphatic heterocycles. The van der Waals surface area contributed by atoms with Gasteiger partial charge in [-0.1, -0.05) is 13.3 Å². The molecule has 0 saturated carbocycles. The van der Waals surface area contributed by atoms with Gasteiger partial charge in [0.05, 0.1) is 6.61 Å². The van der Waals surface area contributed by atoms with E-state index in [0.29, 0.717) is 12.0 Å². The topological polar surface area (TPSA) is 67.5 Å². The highest BCUT2D eigenvalue weighted by molar-refractivity contribution is 4.70. The zero-order chi connectivity index (χ0) is 12.9. The van der Waals surface area contributed by atoms with Gasteiger partial charge in [-0.25, -0.2) is 0 Å². The fourth-order valence-corrected chi connectivity index (χ4v) is 2.08. The molecule has 0 radical (unpaired) electrons. The van der Waals surface area contributed by atoms with Crippen LogP contribution in [0.3, 0.4) is 0 Å². The van der Waals surface area contributed by atoms with Crippen LogP contribution in [0.2, 0.25) is 0 Å². The van der Waals surface area contributed by atoms with Gasteiger partial charge in [0.1, 0.15) is 0 Å². The van der Waals surface area contributed by atoms with Gasteiger partial charge in [0.15, 0.2) is 0 Å². The summed E-state index contributed by atoms with van der Waals surface area (Å²) in [5.74, 6) is 0.572. The van der Waals surface area contributed by atoms with Crippen molar-refractivity contribution in [2.24, 2.45) is 11.7 Å². The summed E-state index contributed by atoms with van der Waals surface area (Å²) >= 11 is 0. The summed E-state index contributed by atoms with van der Waals surface area (Å²) in [4.78, 5) is 0. The molecule has 0 saturated heterocycles. The minimum absolute atomic E-state index is 0.282. The highest BCUT2D eigenvalue weighted by Crippen LogP contribution is 2.10. The van der Waals surface area contributed by atoms with Crippen molar-refractivity contribution in [3.8, 4) is 0 Å². The van der Waals surface area contributed by atoms with Crippen molar-refractivity contribution in [3.63, 3.8) is 0 Å². The third-order valence-electron chi connectivity index (χ3n) is 3.05. The molecule has 0 heterocycles. The minimum atomic E-state index is 0.282. The molecule has 0 amide bonds. The Balaban J connectivity index is 3.87. The number of nitrogens with one attached hydrogen (secondary N) is 1. The second-order valence-corrected chi connectivity index (χ2v) is 4.66. The Morgan fingerprint density at radius 3 is 2.59 bits per heavy atom. The van der Waals surface area contributed by atoms with Gasteiger partial charge in [-0.3, -0.25) is 0 Å².